The molecule has 10 heteroatoms. The maximum Gasteiger partial charge on any atom is 0.387 e. The number of hydrogen-bond donors (Lipinski definition) is 2. The molecule has 2 N–H and O–H groups in total. The van der Waals surface area contributed by atoms with Gasteiger partial charge < -0.3 is 29.7 Å². The third-order valence-corrected chi connectivity index (χ3v) is 4.62. The van der Waals surface area contributed by atoms with Crippen molar-refractivity contribution in [2.24, 2.45) is 4.99 Å². The van der Waals surface area contributed by atoms with Gasteiger partial charge in [-0.05, 0) is 32.5 Å². The molecule has 27 heavy (non-hydrogen) atoms. The first kappa shape index (κ1) is 21.7. The van der Waals surface area contributed by atoms with E-state index in [1.165, 1.54) is 12.5 Å². The summed E-state index contributed by atoms with van der Waals surface area (Å²) in [5.74, 6) is 1.57. The Labute approximate surface area is 174 Å². The van der Waals surface area contributed by atoms with Gasteiger partial charge in [0, 0.05) is 37.8 Å². The molecule has 0 bridgehead atoms. The van der Waals surface area contributed by atoms with E-state index in [0.717, 1.165) is 19.5 Å². The lowest BCUT2D eigenvalue weighted by molar-refractivity contribution is -0.0505. The molecule has 7 nitrogen and oxygen atoms in total. The molecule has 1 atom stereocenters. The summed E-state index contributed by atoms with van der Waals surface area (Å²) in [6.07, 6.45) is 2.34. The van der Waals surface area contributed by atoms with Crippen LogP contribution in [0.1, 0.15) is 18.4 Å². The Bertz CT molecular complexity index is 663. The Balaban J connectivity index is 0.00000261. The van der Waals surface area contributed by atoms with Gasteiger partial charge in [0.05, 0.1) is 0 Å². The first-order valence-electron chi connectivity index (χ1n) is 8.59. The summed E-state index contributed by atoms with van der Waals surface area (Å²) in [5, 5.41) is 6.41. The number of fused-ring (bicyclic) bond motifs is 1. The second kappa shape index (κ2) is 10.1. The number of likely N-dealkylation sites (tertiary alicyclic amines) is 1. The smallest absolute Gasteiger partial charge is 0.387 e. The molecule has 0 amide bonds. The summed E-state index contributed by atoms with van der Waals surface area (Å²) in [7, 11) is 3.78. The van der Waals surface area contributed by atoms with Gasteiger partial charge in [0.25, 0.3) is 0 Å². The third kappa shape index (κ3) is 5.71. The molecule has 2 heterocycles. The number of ether oxygens (including phenoxy) is 3. The molecule has 0 radical (unpaired) electrons. The predicted molar refractivity (Wildman–Crippen MR) is 108 cm³/mol. The largest absolute Gasteiger partial charge is 0.454 e. The summed E-state index contributed by atoms with van der Waals surface area (Å²) >= 11 is 0. The van der Waals surface area contributed by atoms with Gasteiger partial charge in [0.1, 0.15) is 5.75 Å². The lowest BCUT2D eigenvalue weighted by Gasteiger charge is -2.21. The van der Waals surface area contributed by atoms with Crippen molar-refractivity contribution in [1.29, 1.82) is 0 Å². The molecule has 0 aliphatic carbocycles. The topological polar surface area (TPSA) is 67.4 Å². The van der Waals surface area contributed by atoms with Crippen LogP contribution in [-0.2, 0) is 6.54 Å². The lowest BCUT2D eigenvalue weighted by atomic mass is 10.1. The van der Waals surface area contributed by atoms with Gasteiger partial charge in [0.15, 0.2) is 17.5 Å². The average molecular weight is 498 g/mol. The number of rotatable bonds is 6. The van der Waals surface area contributed by atoms with Crippen LogP contribution in [0.2, 0.25) is 0 Å². The quantitative estimate of drug-likeness (QED) is 0.357. The zero-order valence-electron chi connectivity index (χ0n) is 15.3. The molecule has 1 aromatic rings. The van der Waals surface area contributed by atoms with E-state index < -0.39 is 6.61 Å². The van der Waals surface area contributed by atoms with Crippen molar-refractivity contribution in [2.45, 2.75) is 32.0 Å². The highest BCUT2D eigenvalue weighted by Gasteiger charge is 2.22. The van der Waals surface area contributed by atoms with Crippen LogP contribution >= 0.6 is 24.0 Å². The van der Waals surface area contributed by atoms with E-state index in [-0.39, 0.29) is 43.1 Å². The second-order valence-electron chi connectivity index (χ2n) is 6.28. The number of alkyl halides is 2. The SMILES string of the molecule is CN=C(NCc1cc2c(cc1OC(F)F)OCO2)NCC1CCCN1C.I. The van der Waals surface area contributed by atoms with Crippen molar-refractivity contribution >= 4 is 29.9 Å². The number of halogens is 3. The number of guanidine groups is 1. The van der Waals surface area contributed by atoms with Gasteiger partial charge in [-0.1, -0.05) is 0 Å². The number of nitrogens with zero attached hydrogens (tertiary/aromatic N) is 2. The van der Waals surface area contributed by atoms with Crippen LogP contribution in [0.3, 0.4) is 0 Å². The van der Waals surface area contributed by atoms with Gasteiger partial charge in [0.2, 0.25) is 6.79 Å². The fraction of sp³-hybridized carbons (Fsp3) is 0.588. The van der Waals surface area contributed by atoms with Crippen LogP contribution in [0.5, 0.6) is 17.2 Å². The lowest BCUT2D eigenvalue weighted by Crippen LogP contribution is -2.43. The Hall–Kier alpha value is -1.56. The van der Waals surface area contributed by atoms with E-state index in [1.807, 2.05) is 0 Å². The zero-order chi connectivity index (χ0) is 18.5. The molecule has 1 aromatic carbocycles. The predicted octanol–water partition coefficient (Wildman–Crippen LogP) is 2.39. The molecule has 0 aromatic heterocycles. The highest BCUT2D eigenvalue weighted by molar-refractivity contribution is 14.0. The number of hydrogen-bond acceptors (Lipinski definition) is 5. The molecular weight excluding hydrogens is 473 g/mol. The number of nitrogens with one attached hydrogen (secondary N) is 2. The van der Waals surface area contributed by atoms with Crippen LogP contribution in [0.25, 0.3) is 0 Å². The van der Waals surface area contributed by atoms with Gasteiger partial charge >= 0.3 is 6.61 Å². The number of likely N-dealkylation sites (N-methyl/N-ethyl adjacent to an activating group) is 1. The Morgan fingerprint density at radius 3 is 2.70 bits per heavy atom. The molecule has 1 saturated heterocycles. The van der Waals surface area contributed by atoms with Crippen LogP contribution in [0.4, 0.5) is 8.78 Å². The normalized spacial score (nSPS) is 19.1. The monoisotopic (exact) mass is 498 g/mol. The first-order valence-corrected chi connectivity index (χ1v) is 8.59. The molecule has 2 aliphatic heterocycles. The summed E-state index contributed by atoms with van der Waals surface area (Å²) in [6.45, 7) is -0.705. The molecule has 1 fully saturated rings. The molecule has 0 saturated carbocycles. The summed E-state index contributed by atoms with van der Waals surface area (Å²) < 4.78 is 40.5. The minimum atomic E-state index is -2.91. The second-order valence-corrected chi connectivity index (χ2v) is 6.28. The fourth-order valence-corrected chi connectivity index (χ4v) is 3.16. The van der Waals surface area contributed by atoms with Crippen molar-refractivity contribution in [3.8, 4) is 17.2 Å². The Morgan fingerprint density at radius 2 is 2.07 bits per heavy atom. The van der Waals surface area contributed by atoms with E-state index in [9.17, 15) is 8.78 Å². The van der Waals surface area contributed by atoms with Crippen molar-refractivity contribution in [2.75, 3.05) is 34.0 Å². The van der Waals surface area contributed by atoms with E-state index in [2.05, 4.69) is 32.3 Å². The minimum Gasteiger partial charge on any atom is -0.454 e. The van der Waals surface area contributed by atoms with Gasteiger partial charge in [-0.3, -0.25) is 4.99 Å². The van der Waals surface area contributed by atoms with Crippen LogP contribution in [0.15, 0.2) is 17.1 Å². The van der Waals surface area contributed by atoms with Crippen molar-refractivity contribution in [3.05, 3.63) is 17.7 Å². The Kier molecular flexibility index (Phi) is 8.14. The number of benzene rings is 1. The van der Waals surface area contributed by atoms with Gasteiger partial charge in [-0.25, -0.2) is 0 Å². The van der Waals surface area contributed by atoms with E-state index in [1.54, 1.807) is 13.1 Å². The highest BCUT2D eigenvalue weighted by Crippen LogP contribution is 2.38. The van der Waals surface area contributed by atoms with E-state index in [4.69, 9.17) is 9.47 Å². The molecule has 0 spiro atoms. The van der Waals surface area contributed by atoms with Crippen LogP contribution in [0, 0.1) is 0 Å². The molecule has 1 unspecified atom stereocenters. The summed E-state index contributed by atoms with van der Waals surface area (Å²) in [5.41, 5.74) is 0.537. The standard InChI is InChI=1S/C17H24F2N4O3.HI/c1-20-17(22-9-12-4-3-5-23(12)2)21-8-11-6-14-15(25-10-24-14)7-13(11)26-16(18)19;/h6-7,12,16H,3-5,8-10H2,1-2H3,(H2,20,21,22);1H. The zero-order valence-corrected chi connectivity index (χ0v) is 17.7. The first-order chi connectivity index (χ1) is 12.6. The Morgan fingerprint density at radius 1 is 1.33 bits per heavy atom. The number of aliphatic imine (C=N–C) groups is 1. The van der Waals surface area contributed by atoms with E-state index in [0.29, 0.717) is 29.1 Å². The van der Waals surface area contributed by atoms with Gasteiger partial charge in [-0.2, -0.15) is 8.78 Å². The van der Waals surface area contributed by atoms with Gasteiger partial charge in [-0.15, -0.1) is 24.0 Å². The third-order valence-electron chi connectivity index (χ3n) is 4.62. The summed E-state index contributed by atoms with van der Waals surface area (Å²) in [4.78, 5) is 6.50. The average Bonchev–Trinajstić information content (AvgIpc) is 3.22. The molecular formula is C17H25F2IN4O3. The van der Waals surface area contributed by atoms with E-state index >= 15 is 0 Å². The van der Waals surface area contributed by atoms with Crippen molar-refractivity contribution in [1.82, 2.24) is 15.5 Å². The summed E-state index contributed by atoms with van der Waals surface area (Å²) in [6, 6.07) is 3.54. The molecule has 2 aliphatic rings. The maximum absolute atomic E-state index is 12.7. The minimum absolute atomic E-state index is 0. The molecule has 3 rings (SSSR count). The maximum atomic E-state index is 12.7. The molecule has 152 valence electrons. The fourth-order valence-electron chi connectivity index (χ4n) is 3.16. The van der Waals surface area contributed by atoms with Crippen molar-refractivity contribution < 1.29 is 23.0 Å². The van der Waals surface area contributed by atoms with Crippen LogP contribution < -0.4 is 24.8 Å². The van der Waals surface area contributed by atoms with Crippen molar-refractivity contribution in [3.63, 3.8) is 0 Å². The highest BCUT2D eigenvalue weighted by atomic mass is 127. The van der Waals surface area contributed by atoms with Crippen LogP contribution in [-0.4, -0.2) is 57.5 Å².